The lowest BCUT2D eigenvalue weighted by Crippen LogP contribution is -2.19. The minimum absolute atomic E-state index is 0.0542. The lowest BCUT2D eigenvalue weighted by Gasteiger charge is -2.18. The summed E-state index contributed by atoms with van der Waals surface area (Å²) in [5, 5.41) is 9.50. The second kappa shape index (κ2) is 7.42. The Kier molecular flexibility index (Phi) is 4.82. The first-order valence-corrected chi connectivity index (χ1v) is 10.9. The predicted octanol–water partition coefficient (Wildman–Crippen LogP) is 4.70. The van der Waals surface area contributed by atoms with E-state index in [4.69, 9.17) is 10.5 Å². The van der Waals surface area contributed by atoms with Gasteiger partial charge >= 0.3 is 12.6 Å². The molecule has 1 unspecified atom stereocenters. The van der Waals surface area contributed by atoms with Crippen LogP contribution in [0.25, 0.3) is 21.3 Å². The van der Waals surface area contributed by atoms with Crippen molar-refractivity contribution in [3.63, 3.8) is 0 Å². The van der Waals surface area contributed by atoms with Crippen molar-refractivity contribution in [1.29, 1.82) is 0 Å². The normalized spacial score (nSPS) is 18.4. The SMILES string of the molecule is NC1CCCc2cc(-c3ccc4c(=O)c(C(=O)O)cn(C5CC5)c4c3OC(F)F)sc21. The van der Waals surface area contributed by atoms with Gasteiger partial charge in [0.1, 0.15) is 5.56 Å². The number of thiophene rings is 1. The van der Waals surface area contributed by atoms with Crippen molar-refractivity contribution >= 4 is 28.2 Å². The topological polar surface area (TPSA) is 94.5 Å². The molecule has 1 atom stereocenters. The van der Waals surface area contributed by atoms with Crippen LogP contribution in [0.2, 0.25) is 0 Å². The maximum atomic E-state index is 13.5. The van der Waals surface area contributed by atoms with Gasteiger partial charge < -0.3 is 20.1 Å². The van der Waals surface area contributed by atoms with Gasteiger partial charge in [-0.1, -0.05) is 0 Å². The van der Waals surface area contributed by atoms with Gasteiger partial charge in [0.2, 0.25) is 5.43 Å². The fraction of sp³-hybridized carbons (Fsp3) is 0.364. The number of aromatic carboxylic acids is 1. The molecule has 1 aromatic carbocycles. The average molecular weight is 446 g/mol. The average Bonchev–Trinajstić information content (AvgIpc) is 3.46. The minimum Gasteiger partial charge on any atom is -0.477 e. The highest BCUT2D eigenvalue weighted by molar-refractivity contribution is 7.15. The lowest BCUT2D eigenvalue weighted by atomic mass is 9.95. The first-order chi connectivity index (χ1) is 14.8. The summed E-state index contributed by atoms with van der Waals surface area (Å²) in [6.07, 6.45) is 5.54. The Hall–Kier alpha value is -2.78. The van der Waals surface area contributed by atoms with Gasteiger partial charge in [0.05, 0.1) is 10.9 Å². The molecule has 0 amide bonds. The van der Waals surface area contributed by atoms with E-state index in [0.29, 0.717) is 5.56 Å². The molecule has 9 heteroatoms. The molecular formula is C22H20F2N2O4S. The van der Waals surface area contributed by atoms with Crippen LogP contribution in [0, 0.1) is 0 Å². The largest absolute Gasteiger partial charge is 0.477 e. The molecule has 2 aromatic heterocycles. The molecule has 162 valence electrons. The molecule has 3 N–H and O–H groups in total. The van der Waals surface area contributed by atoms with E-state index in [1.54, 1.807) is 10.6 Å². The number of fused-ring (bicyclic) bond motifs is 2. The quantitative estimate of drug-likeness (QED) is 0.592. The van der Waals surface area contributed by atoms with Crippen molar-refractivity contribution in [2.45, 2.75) is 50.8 Å². The van der Waals surface area contributed by atoms with E-state index in [-0.39, 0.29) is 34.3 Å². The van der Waals surface area contributed by atoms with Gasteiger partial charge in [0.25, 0.3) is 0 Å². The van der Waals surface area contributed by atoms with E-state index < -0.39 is 18.0 Å². The van der Waals surface area contributed by atoms with Gasteiger partial charge in [0, 0.05) is 33.6 Å². The van der Waals surface area contributed by atoms with E-state index >= 15 is 0 Å². The molecule has 0 bridgehead atoms. The van der Waals surface area contributed by atoms with Gasteiger partial charge in [-0.3, -0.25) is 4.79 Å². The highest BCUT2D eigenvalue weighted by atomic mass is 32.1. The molecule has 2 heterocycles. The summed E-state index contributed by atoms with van der Waals surface area (Å²) in [5.74, 6) is -1.44. The van der Waals surface area contributed by atoms with Crippen molar-refractivity contribution in [3.8, 4) is 16.2 Å². The Labute approximate surface area is 179 Å². The van der Waals surface area contributed by atoms with Crippen molar-refractivity contribution < 1.29 is 23.4 Å². The third-order valence-corrected chi connectivity index (χ3v) is 7.27. The molecule has 1 saturated carbocycles. The number of nitrogens with two attached hydrogens (primary N) is 1. The third-order valence-electron chi connectivity index (χ3n) is 5.93. The summed E-state index contributed by atoms with van der Waals surface area (Å²) < 4.78 is 33.5. The smallest absolute Gasteiger partial charge is 0.387 e. The Bertz CT molecular complexity index is 1260. The zero-order chi connectivity index (χ0) is 21.9. The predicted molar refractivity (Wildman–Crippen MR) is 113 cm³/mol. The summed E-state index contributed by atoms with van der Waals surface area (Å²) >= 11 is 1.46. The first-order valence-electron chi connectivity index (χ1n) is 10.1. The molecule has 0 spiro atoms. The monoisotopic (exact) mass is 446 g/mol. The van der Waals surface area contributed by atoms with E-state index in [2.05, 4.69) is 0 Å². The zero-order valence-corrected chi connectivity index (χ0v) is 17.3. The lowest BCUT2D eigenvalue weighted by molar-refractivity contribution is -0.0486. The molecule has 6 nitrogen and oxygen atoms in total. The fourth-order valence-corrected chi connectivity index (χ4v) is 5.61. The fourth-order valence-electron chi connectivity index (χ4n) is 4.34. The van der Waals surface area contributed by atoms with Crippen LogP contribution in [0.1, 0.15) is 58.6 Å². The number of aromatic nitrogens is 1. The highest BCUT2D eigenvalue weighted by Crippen LogP contribution is 2.46. The molecule has 0 saturated heterocycles. The van der Waals surface area contributed by atoms with Crippen molar-refractivity contribution in [2.24, 2.45) is 5.73 Å². The van der Waals surface area contributed by atoms with Crippen molar-refractivity contribution in [2.75, 3.05) is 0 Å². The van der Waals surface area contributed by atoms with Crippen molar-refractivity contribution in [3.05, 3.63) is 50.6 Å². The number of carboxylic acids is 1. The Morgan fingerprint density at radius 3 is 2.71 bits per heavy atom. The molecule has 0 aliphatic heterocycles. The van der Waals surface area contributed by atoms with Crippen LogP contribution in [0.15, 0.2) is 29.2 Å². The van der Waals surface area contributed by atoms with E-state index in [1.807, 2.05) is 6.07 Å². The van der Waals surface area contributed by atoms with E-state index in [0.717, 1.165) is 47.4 Å². The molecular weight excluding hydrogens is 426 g/mol. The van der Waals surface area contributed by atoms with Crippen LogP contribution < -0.4 is 15.9 Å². The van der Waals surface area contributed by atoms with Gasteiger partial charge in [0.15, 0.2) is 5.75 Å². The number of alkyl halides is 2. The van der Waals surface area contributed by atoms with Crippen LogP contribution in [0.3, 0.4) is 0 Å². The number of carbonyl (C=O) groups is 1. The van der Waals surface area contributed by atoms with Crippen LogP contribution in [-0.4, -0.2) is 22.3 Å². The summed E-state index contributed by atoms with van der Waals surface area (Å²) in [6.45, 7) is -3.09. The summed E-state index contributed by atoms with van der Waals surface area (Å²) in [4.78, 5) is 26.2. The number of pyridine rings is 1. The van der Waals surface area contributed by atoms with Gasteiger partial charge in [-0.25, -0.2) is 4.79 Å². The minimum atomic E-state index is -3.09. The second-order valence-electron chi connectivity index (χ2n) is 8.03. The van der Waals surface area contributed by atoms with Crippen molar-refractivity contribution in [1.82, 2.24) is 4.57 Å². The Balaban J connectivity index is 1.80. The number of halogens is 2. The van der Waals surface area contributed by atoms with Crippen LogP contribution >= 0.6 is 11.3 Å². The number of benzene rings is 1. The number of ether oxygens (including phenoxy) is 1. The van der Waals surface area contributed by atoms with Gasteiger partial charge in [-0.05, 0) is 55.9 Å². The summed E-state index contributed by atoms with van der Waals surface area (Å²) in [7, 11) is 0. The maximum Gasteiger partial charge on any atom is 0.387 e. The Morgan fingerprint density at radius 2 is 2.06 bits per heavy atom. The van der Waals surface area contributed by atoms with E-state index in [1.165, 1.54) is 23.6 Å². The van der Waals surface area contributed by atoms with Gasteiger partial charge in [-0.2, -0.15) is 8.78 Å². The van der Waals surface area contributed by atoms with Crippen LogP contribution in [0.5, 0.6) is 5.75 Å². The summed E-state index contributed by atoms with van der Waals surface area (Å²) in [6, 6.07) is 4.90. The molecule has 3 aromatic rings. The maximum absolute atomic E-state index is 13.5. The zero-order valence-electron chi connectivity index (χ0n) is 16.4. The molecule has 5 rings (SSSR count). The Morgan fingerprint density at radius 1 is 1.29 bits per heavy atom. The second-order valence-corrected chi connectivity index (χ2v) is 9.12. The summed E-state index contributed by atoms with van der Waals surface area (Å²) in [5.41, 5.74) is 6.93. The number of aryl methyl sites for hydroxylation is 1. The number of carboxylic acid groups (broad SMARTS) is 1. The molecule has 0 radical (unpaired) electrons. The number of hydrogen-bond donors (Lipinski definition) is 2. The number of hydrogen-bond acceptors (Lipinski definition) is 5. The molecule has 2 aliphatic rings. The molecule has 31 heavy (non-hydrogen) atoms. The van der Waals surface area contributed by atoms with Crippen LogP contribution in [0.4, 0.5) is 8.78 Å². The first kappa shape index (κ1) is 20.1. The van der Waals surface area contributed by atoms with E-state index in [9.17, 15) is 23.5 Å². The highest BCUT2D eigenvalue weighted by Gasteiger charge is 2.31. The third kappa shape index (κ3) is 3.41. The van der Waals surface area contributed by atoms with Gasteiger partial charge in [-0.15, -0.1) is 11.3 Å². The molecule has 1 fully saturated rings. The standard InChI is InChI=1S/C22H20F2N2O4S/c23-22(24)30-19-12(16-8-10-2-1-3-15(25)20(10)31-16)6-7-13-17(19)26(11-4-5-11)9-14(18(13)27)21(28)29/h6-9,11,15,22H,1-5,25H2,(H,28,29). The molecule has 2 aliphatic carbocycles. The van der Waals surface area contributed by atoms with Crippen LogP contribution in [-0.2, 0) is 6.42 Å². The number of nitrogens with zero attached hydrogens (tertiary/aromatic N) is 1. The number of rotatable bonds is 5.